The average Bonchev–Trinajstić information content (AvgIpc) is 2.63. The van der Waals surface area contributed by atoms with Gasteiger partial charge in [0, 0.05) is 13.1 Å². The van der Waals surface area contributed by atoms with E-state index in [9.17, 15) is 4.79 Å². The van der Waals surface area contributed by atoms with Crippen LogP contribution >= 0.6 is 0 Å². The Morgan fingerprint density at radius 2 is 1.68 bits per heavy atom. The van der Waals surface area contributed by atoms with Crippen LogP contribution in [0.3, 0.4) is 0 Å². The third-order valence-electron chi connectivity index (χ3n) is 4.44. The number of anilines is 2. The summed E-state index contributed by atoms with van der Waals surface area (Å²) in [7, 11) is 2.07. The molecule has 1 heterocycles. The third kappa shape index (κ3) is 4.38. The lowest BCUT2D eigenvalue weighted by molar-refractivity contribution is -0.0332. The van der Waals surface area contributed by atoms with Gasteiger partial charge < -0.3 is 15.0 Å². The fourth-order valence-corrected chi connectivity index (χ4v) is 3.00. The standard InChI is InChI=1S/C20H25N3O2/c1-16(19-15-22(2)13-14-25-19)21-20(24)23(17-9-5-3-6-10-17)18-11-7-4-8-12-18/h3-12,16,19H,13-15H2,1-2H3,(H,21,24)/t16-,19+/m0/s1. The summed E-state index contributed by atoms with van der Waals surface area (Å²) in [6.07, 6.45) is -0.00361. The number of likely N-dealkylation sites (N-methyl/N-ethyl adjacent to an activating group) is 1. The predicted molar refractivity (Wildman–Crippen MR) is 100 cm³/mol. The predicted octanol–water partition coefficient (Wildman–Crippen LogP) is 3.25. The summed E-state index contributed by atoms with van der Waals surface area (Å²) in [6.45, 7) is 4.44. The lowest BCUT2D eigenvalue weighted by atomic mass is 10.1. The highest BCUT2D eigenvalue weighted by Crippen LogP contribution is 2.25. The summed E-state index contributed by atoms with van der Waals surface area (Å²) >= 11 is 0. The zero-order valence-electron chi connectivity index (χ0n) is 14.8. The lowest BCUT2D eigenvalue weighted by Gasteiger charge is -2.35. The van der Waals surface area contributed by atoms with Crippen molar-refractivity contribution in [1.82, 2.24) is 10.2 Å². The molecular formula is C20H25N3O2. The number of nitrogens with zero attached hydrogens (tertiary/aromatic N) is 2. The monoisotopic (exact) mass is 339 g/mol. The van der Waals surface area contributed by atoms with Crippen molar-refractivity contribution in [3.63, 3.8) is 0 Å². The molecule has 0 unspecified atom stereocenters. The summed E-state index contributed by atoms with van der Waals surface area (Å²) in [5.74, 6) is 0. The quantitative estimate of drug-likeness (QED) is 0.930. The molecule has 0 spiro atoms. The van der Waals surface area contributed by atoms with Gasteiger partial charge in [0.25, 0.3) is 0 Å². The highest BCUT2D eigenvalue weighted by atomic mass is 16.5. The Morgan fingerprint density at radius 1 is 1.12 bits per heavy atom. The Bertz CT molecular complexity index is 638. The van der Waals surface area contributed by atoms with E-state index >= 15 is 0 Å². The van der Waals surface area contributed by atoms with E-state index < -0.39 is 0 Å². The minimum atomic E-state index is -0.151. The molecule has 1 aliphatic heterocycles. The van der Waals surface area contributed by atoms with Gasteiger partial charge in [0.05, 0.1) is 30.1 Å². The Kier molecular flexibility index (Phi) is 5.68. The smallest absolute Gasteiger partial charge is 0.326 e. The number of nitrogens with one attached hydrogen (secondary N) is 1. The Labute approximate surface area is 149 Å². The molecule has 2 aromatic carbocycles. The Hall–Kier alpha value is -2.37. The van der Waals surface area contributed by atoms with Gasteiger partial charge in [-0.1, -0.05) is 36.4 Å². The molecule has 0 aliphatic carbocycles. The van der Waals surface area contributed by atoms with Crippen LogP contribution in [0.15, 0.2) is 60.7 Å². The minimum Gasteiger partial charge on any atom is -0.373 e. The molecule has 0 aromatic heterocycles. The lowest BCUT2D eigenvalue weighted by Crippen LogP contribution is -2.53. The van der Waals surface area contributed by atoms with Crippen molar-refractivity contribution in [2.75, 3.05) is 31.6 Å². The van der Waals surface area contributed by atoms with Crippen LogP contribution in [0.1, 0.15) is 6.92 Å². The minimum absolute atomic E-state index is 0.00361. The van der Waals surface area contributed by atoms with Crippen molar-refractivity contribution in [1.29, 1.82) is 0 Å². The molecular weight excluding hydrogens is 314 g/mol. The Balaban J connectivity index is 1.78. The number of urea groups is 1. The molecule has 25 heavy (non-hydrogen) atoms. The number of amides is 2. The topological polar surface area (TPSA) is 44.8 Å². The third-order valence-corrected chi connectivity index (χ3v) is 4.44. The van der Waals surface area contributed by atoms with E-state index in [0.717, 1.165) is 24.5 Å². The molecule has 0 saturated carbocycles. The zero-order chi connectivity index (χ0) is 17.6. The number of morpholine rings is 1. The summed E-state index contributed by atoms with van der Waals surface area (Å²) in [6, 6.07) is 19.1. The van der Waals surface area contributed by atoms with Crippen LogP contribution < -0.4 is 10.2 Å². The Morgan fingerprint density at radius 3 is 2.20 bits per heavy atom. The first-order valence-corrected chi connectivity index (χ1v) is 8.66. The van der Waals surface area contributed by atoms with Crippen LogP contribution in [-0.4, -0.2) is 49.8 Å². The average molecular weight is 339 g/mol. The molecule has 1 saturated heterocycles. The van der Waals surface area contributed by atoms with Gasteiger partial charge in [-0.3, -0.25) is 4.90 Å². The number of carbonyl (C=O) groups excluding carboxylic acids is 1. The highest BCUT2D eigenvalue weighted by Gasteiger charge is 2.27. The van der Waals surface area contributed by atoms with Crippen molar-refractivity contribution in [3.8, 4) is 0 Å². The van der Waals surface area contributed by atoms with Gasteiger partial charge >= 0.3 is 6.03 Å². The summed E-state index contributed by atoms with van der Waals surface area (Å²) in [4.78, 5) is 16.9. The molecule has 0 radical (unpaired) electrons. The number of carbonyl (C=O) groups is 1. The van der Waals surface area contributed by atoms with Crippen LogP contribution in [0, 0.1) is 0 Å². The van der Waals surface area contributed by atoms with E-state index in [4.69, 9.17) is 4.74 Å². The largest absolute Gasteiger partial charge is 0.373 e. The van der Waals surface area contributed by atoms with Gasteiger partial charge in [-0.05, 0) is 38.2 Å². The van der Waals surface area contributed by atoms with Crippen molar-refractivity contribution >= 4 is 17.4 Å². The van der Waals surface area contributed by atoms with Gasteiger partial charge in [0.1, 0.15) is 0 Å². The number of benzene rings is 2. The fraction of sp³-hybridized carbons (Fsp3) is 0.350. The number of hydrogen-bond acceptors (Lipinski definition) is 3. The second-order valence-corrected chi connectivity index (χ2v) is 6.42. The van der Waals surface area contributed by atoms with E-state index in [-0.39, 0.29) is 18.2 Å². The number of hydrogen-bond donors (Lipinski definition) is 1. The van der Waals surface area contributed by atoms with E-state index in [0.29, 0.717) is 6.61 Å². The first kappa shape index (κ1) is 17.5. The van der Waals surface area contributed by atoms with Crippen LogP contribution in [0.5, 0.6) is 0 Å². The van der Waals surface area contributed by atoms with Crippen molar-refractivity contribution < 1.29 is 9.53 Å². The highest BCUT2D eigenvalue weighted by molar-refractivity contribution is 5.99. The van der Waals surface area contributed by atoms with Crippen LogP contribution in [0.25, 0.3) is 0 Å². The maximum atomic E-state index is 13.0. The molecule has 1 N–H and O–H groups in total. The molecule has 2 aromatic rings. The van der Waals surface area contributed by atoms with E-state index in [2.05, 4.69) is 17.3 Å². The van der Waals surface area contributed by atoms with Gasteiger partial charge in [0.2, 0.25) is 0 Å². The molecule has 132 valence electrons. The normalized spacial score (nSPS) is 19.2. The van der Waals surface area contributed by atoms with E-state index in [1.807, 2.05) is 67.6 Å². The summed E-state index contributed by atoms with van der Waals surface area (Å²) in [5.41, 5.74) is 1.67. The van der Waals surface area contributed by atoms with Gasteiger partial charge in [-0.25, -0.2) is 4.79 Å². The van der Waals surface area contributed by atoms with Crippen molar-refractivity contribution in [3.05, 3.63) is 60.7 Å². The maximum Gasteiger partial charge on any atom is 0.326 e. The molecule has 2 amide bonds. The van der Waals surface area contributed by atoms with Gasteiger partial charge in [0.15, 0.2) is 0 Å². The van der Waals surface area contributed by atoms with Crippen molar-refractivity contribution in [2.45, 2.75) is 19.1 Å². The van der Waals surface area contributed by atoms with E-state index in [1.54, 1.807) is 4.90 Å². The molecule has 1 fully saturated rings. The maximum absolute atomic E-state index is 13.0. The van der Waals surface area contributed by atoms with E-state index in [1.165, 1.54) is 0 Å². The fourth-order valence-electron chi connectivity index (χ4n) is 3.00. The van der Waals surface area contributed by atoms with Crippen LogP contribution in [0.4, 0.5) is 16.2 Å². The number of ether oxygens (including phenoxy) is 1. The SMILES string of the molecule is C[C@H](NC(=O)N(c1ccccc1)c1ccccc1)[C@H]1CN(C)CCO1. The number of para-hydroxylation sites is 2. The molecule has 0 bridgehead atoms. The molecule has 5 heteroatoms. The first-order chi connectivity index (χ1) is 12.1. The summed E-state index contributed by atoms with van der Waals surface area (Å²) < 4.78 is 5.83. The molecule has 1 aliphatic rings. The zero-order valence-corrected chi connectivity index (χ0v) is 14.8. The van der Waals surface area contributed by atoms with Crippen molar-refractivity contribution in [2.24, 2.45) is 0 Å². The van der Waals surface area contributed by atoms with Crippen LogP contribution in [0.2, 0.25) is 0 Å². The molecule has 3 rings (SSSR count). The first-order valence-electron chi connectivity index (χ1n) is 8.66. The van der Waals surface area contributed by atoms with Gasteiger partial charge in [-0.2, -0.15) is 0 Å². The number of rotatable bonds is 4. The second-order valence-electron chi connectivity index (χ2n) is 6.42. The molecule has 5 nitrogen and oxygen atoms in total. The van der Waals surface area contributed by atoms with Gasteiger partial charge in [-0.15, -0.1) is 0 Å². The summed E-state index contributed by atoms with van der Waals surface area (Å²) in [5, 5.41) is 3.10. The van der Waals surface area contributed by atoms with Crippen LogP contribution in [-0.2, 0) is 4.74 Å². The molecule has 2 atom stereocenters. The second kappa shape index (κ2) is 8.14.